The minimum absolute atomic E-state index is 0.130. The lowest BCUT2D eigenvalue weighted by atomic mass is 10.1. The standard InChI is InChI=1S/C21H21N5OS/c1-13-8-16(6-7-23-13)18-10-24-21(26-11-14(2)27-15(3)12-26)25-20(18)19-5-4-17(9-22)28-19/h4-8,10,14-15H,11-12H2,1-3H3. The molecule has 4 rings (SSSR count). The molecule has 6 nitrogen and oxygen atoms in total. The average Bonchev–Trinajstić information content (AvgIpc) is 3.16. The van der Waals surface area contributed by atoms with Crippen LogP contribution in [0.3, 0.4) is 0 Å². The van der Waals surface area contributed by atoms with Crippen LogP contribution in [0.1, 0.15) is 24.4 Å². The zero-order valence-electron chi connectivity index (χ0n) is 16.1. The van der Waals surface area contributed by atoms with Gasteiger partial charge in [0.2, 0.25) is 5.95 Å². The number of hydrogen-bond donors (Lipinski definition) is 0. The normalized spacial score (nSPS) is 19.4. The molecule has 0 bridgehead atoms. The van der Waals surface area contributed by atoms with Gasteiger partial charge in [-0.25, -0.2) is 9.97 Å². The van der Waals surface area contributed by atoms with Crippen molar-refractivity contribution < 1.29 is 4.74 Å². The van der Waals surface area contributed by atoms with Gasteiger partial charge in [-0.05, 0) is 50.6 Å². The van der Waals surface area contributed by atoms with Crippen molar-refractivity contribution in [1.29, 1.82) is 5.26 Å². The van der Waals surface area contributed by atoms with Gasteiger partial charge in [-0.2, -0.15) is 5.26 Å². The van der Waals surface area contributed by atoms with Crippen molar-refractivity contribution in [1.82, 2.24) is 15.0 Å². The first kappa shape index (κ1) is 18.5. The molecule has 0 N–H and O–H groups in total. The fourth-order valence-electron chi connectivity index (χ4n) is 3.50. The van der Waals surface area contributed by atoms with Crippen LogP contribution in [-0.2, 0) is 4.74 Å². The summed E-state index contributed by atoms with van der Waals surface area (Å²) < 4.78 is 5.84. The van der Waals surface area contributed by atoms with E-state index in [0.29, 0.717) is 10.8 Å². The van der Waals surface area contributed by atoms with Gasteiger partial charge in [-0.1, -0.05) is 0 Å². The van der Waals surface area contributed by atoms with Gasteiger partial charge in [0.1, 0.15) is 10.9 Å². The van der Waals surface area contributed by atoms with Crippen molar-refractivity contribution in [3.8, 4) is 27.8 Å². The summed E-state index contributed by atoms with van der Waals surface area (Å²) in [5, 5.41) is 9.23. The molecule has 0 aromatic carbocycles. The highest BCUT2D eigenvalue weighted by atomic mass is 32.1. The van der Waals surface area contributed by atoms with E-state index in [4.69, 9.17) is 9.72 Å². The third-order valence-electron chi connectivity index (χ3n) is 4.64. The van der Waals surface area contributed by atoms with E-state index in [-0.39, 0.29) is 12.2 Å². The zero-order valence-corrected chi connectivity index (χ0v) is 16.9. The summed E-state index contributed by atoms with van der Waals surface area (Å²) in [6.45, 7) is 7.61. The van der Waals surface area contributed by atoms with Crippen molar-refractivity contribution in [2.24, 2.45) is 0 Å². The number of aromatic nitrogens is 3. The number of anilines is 1. The molecule has 2 atom stereocenters. The highest BCUT2D eigenvalue weighted by molar-refractivity contribution is 7.16. The molecule has 3 aromatic heterocycles. The van der Waals surface area contributed by atoms with Crippen molar-refractivity contribution in [2.45, 2.75) is 33.0 Å². The van der Waals surface area contributed by atoms with Gasteiger partial charge in [0.05, 0.1) is 22.8 Å². The predicted molar refractivity (Wildman–Crippen MR) is 110 cm³/mol. The van der Waals surface area contributed by atoms with Gasteiger partial charge in [0.25, 0.3) is 0 Å². The molecule has 28 heavy (non-hydrogen) atoms. The third-order valence-corrected chi connectivity index (χ3v) is 5.63. The number of nitrogens with zero attached hydrogens (tertiary/aromatic N) is 5. The van der Waals surface area contributed by atoms with E-state index in [9.17, 15) is 5.26 Å². The Balaban J connectivity index is 1.82. The van der Waals surface area contributed by atoms with Crippen molar-refractivity contribution >= 4 is 17.3 Å². The summed E-state index contributed by atoms with van der Waals surface area (Å²) >= 11 is 1.45. The summed E-state index contributed by atoms with van der Waals surface area (Å²) in [6, 6.07) is 10.00. The maximum Gasteiger partial charge on any atom is 0.226 e. The fourth-order valence-corrected chi connectivity index (χ4v) is 4.31. The first-order valence-corrected chi connectivity index (χ1v) is 10.1. The van der Waals surface area contributed by atoms with Crippen LogP contribution in [0.2, 0.25) is 0 Å². The Morgan fingerprint density at radius 3 is 2.64 bits per heavy atom. The minimum atomic E-state index is 0.130. The van der Waals surface area contributed by atoms with Crippen LogP contribution in [0, 0.1) is 18.3 Å². The van der Waals surface area contributed by atoms with Crippen LogP contribution in [0.25, 0.3) is 21.7 Å². The number of hydrogen-bond acceptors (Lipinski definition) is 7. The highest BCUT2D eigenvalue weighted by Crippen LogP contribution is 2.35. The third kappa shape index (κ3) is 3.75. The molecular formula is C21H21N5OS. The quantitative estimate of drug-likeness (QED) is 0.670. The number of morpholine rings is 1. The van der Waals surface area contributed by atoms with E-state index in [1.807, 2.05) is 37.4 Å². The molecule has 3 aromatic rings. The predicted octanol–water partition coefficient (Wildman–Crippen LogP) is 4.06. The van der Waals surface area contributed by atoms with E-state index in [1.54, 1.807) is 6.20 Å². The number of aryl methyl sites for hydroxylation is 1. The van der Waals surface area contributed by atoms with Gasteiger partial charge in [-0.3, -0.25) is 4.98 Å². The maximum absolute atomic E-state index is 9.23. The second-order valence-corrected chi connectivity index (χ2v) is 8.14. The molecule has 0 radical (unpaired) electrons. The topological polar surface area (TPSA) is 74.9 Å². The van der Waals surface area contributed by atoms with Crippen LogP contribution in [0.4, 0.5) is 5.95 Å². The van der Waals surface area contributed by atoms with Crippen LogP contribution in [0.15, 0.2) is 36.7 Å². The summed E-state index contributed by atoms with van der Waals surface area (Å²) in [5.41, 5.74) is 3.74. The number of pyridine rings is 1. The Kier molecular flexibility index (Phi) is 5.07. The molecule has 1 aliphatic heterocycles. The smallest absolute Gasteiger partial charge is 0.226 e. The minimum Gasteiger partial charge on any atom is -0.372 e. The number of nitriles is 1. The van der Waals surface area contributed by atoms with E-state index in [0.717, 1.165) is 40.5 Å². The lowest BCUT2D eigenvalue weighted by Crippen LogP contribution is -2.46. The maximum atomic E-state index is 9.23. The zero-order chi connectivity index (χ0) is 19.7. The molecule has 4 heterocycles. The fraction of sp³-hybridized carbons (Fsp3) is 0.333. The molecule has 7 heteroatoms. The first-order valence-electron chi connectivity index (χ1n) is 9.24. The number of rotatable bonds is 3. The van der Waals surface area contributed by atoms with Gasteiger partial charge < -0.3 is 9.64 Å². The van der Waals surface area contributed by atoms with E-state index in [1.165, 1.54) is 11.3 Å². The van der Waals surface area contributed by atoms with Crippen molar-refractivity contribution in [2.75, 3.05) is 18.0 Å². The van der Waals surface area contributed by atoms with Crippen LogP contribution < -0.4 is 4.90 Å². The molecule has 1 aliphatic rings. The molecule has 2 unspecified atom stereocenters. The Labute approximate surface area is 168 Å². The van der Waals surface area contributed by atoms with E-state index in [2.05, 4.69) is 34.8 Å². The van der Waals surface area contributed by atoms with Gasteiger partial charge in [0, 0.05) is 36.7 Å². The summed E-state index contributed by atoms with van der Waals surface area (Å²) in [6.07, 6.45) is 3.93. The van der Waals surface area contributed by atoms with Crippen LogP contribution in [0.5, 0.6) is 0 Å². The summed E-state index contributed by atoms with van der Waals surface area (Å²) in [4.78, 5) is 17.7. The van der Waals surface area contributed by atoms with Gasteiger partial charge >= 0.3 is 0 Å². The molecule has 0 spiro atoms. The van der Waals surface area contributed by atoms with Gasteiger partial charge in [-0.15, -0.1) is 11.3 Å². The van der Waals surface area contributed by atoms with Crippen molar-refractivity contribution in [3.63, 3.8) is 0 Å². The molecule has 1 fully saturated rings. The van der Waals surface area contributed by atoms with E-state index >= 15 is 0 Å². The largest absolute Gasteiger partial charge is 0.372 e. The molecule has 0 saturated carbocycles. The lowest BCUT2D eigenvalue weighted by molar-refractivity contribution is -0.00571. The molecule has 142 valence electrons. The average molecular weight is 392 g/mol. The van der Waals surface area contributed by atoms with Crippen LogP contribution in [-0.4, -0.2) is 40.2 Å². The molecule has 1 saturated heterocycles. The van der Waals surface area contributed by atoms with Crippen LogP contribution >= 0.6 is 11.3 Å². The molecule has 0 aliphatic carbocycles. The monoisotopic (exact) mass is 391 g/mol. The van der Waals surface area contributed by atoms with E-state index < -0.39 is 0 Å². The first-order chi connectivity index (χ1) is 13.5. The summed E-state index contributed by atoms with van der Waals surface area (Å²) in [7, 11) is 0. The summed E-state index contributed by atoms with van der Waals surface area (Å²) in [5.74, 6) is 0.693. The highest BCUT2D eigenvalue weighted by Gasteiger charge is 2.25. The Morgan fingerprint density at radius 2 is 1.96 bits per heavy atom. The molecular weight excluding hydrogens is 370 g/mol. The molecule has 0 amide bonds. The SMILES string of the molecule is Cc1cc(-c2cnc(N3CC(C)OC(C)C3)nc2-c2ccc(C#N)s2)ccn1. The Hall–Kier alpha value is -2.82. The number of ether oxygens (including phenoxy) is 1. The Bertz CT molecular complexity index is 1030. The van der Waals surface area contributed by atoms with Gasteiger partial charge in [0.15, 0.2) is 0 Å². The number of thiophene rings is 1. The Morgan fingerprint density at radius 1 is 1.18 bits per heavy atom. The van der Waals surface area contributed by atoms with Crippen molar-refractivity contribution in [3.05, 3.63) is 47.2 Å². The second kappa shape index (κ2) is 7.66. The second-order valence-electron chi connectivity index (χ2n) is 7.06. The lowest BCUT2D eigenvalue weighted by Gasteiger charge is -2.35.